The first-order chi connectivity index (χ1) is 9.97. The molecule has 2 aromatic carbocycles. The molecule has 1 N–H and O–H groups in total. The van der Waals surface area contributed by atoms with Gasteiger partial charge in [-0.25, -0.2) is 0 Å². The molecule has 0 radical (unpaired) electrons. The first-order valence-electron chi connectivity index (χ1n) is 6.74. The summed E-state index contributed by atoms with van der Waals surface area (Å²) in [6.07, 6.45) is 0.902. The van der Waals surface area contributed by atoms with E-state index in [1.165, 1.54) is 17.7 Å². The summed E-state index contributed by atoms with van der Waals surface area (Å²) in [4.78, 5) is 19.0. The molecule has 0 fully saturated rings. The van der Waals surface area contributed by atoms with E-state index in [9.17, 15) is 4.79 Å². The molecule has 0 atom stereocenters. The number of carbonyl (C=O) groups excluding carboxylic acids is 1. The van der Waals surface area contributed by atoms with Crippen LogP contribution in [0.3, 0.4) is 0 Å². The highest BCUT2D eigenvalue weighted by Crippen LogP contribution is 2.11. The number of benzene rings is 2. The lowest BCUT2D eigenvalue weighted by Crippen LogP contribution is -1.98. The number of hydrogen-bond donors (Lipinski definition) is 1. The van der Waals surface area contributed by atoms with Gasteiger partial charge in [0.1, 0.15) is 0 Å². The lowest BCUT2D eigenvalue weighted by Gasteiger charge is -1.93. The van der Waals surface area contributed by atoms with Crippen LogP contribution in [0.2, 0.25) is 0 Å². The summed E-state index contributed by atoms with van der Waals surface area (Å²) in [5, 5.41) is 10.0. The number of esters is 1. The van der Waals surface area contributed by atoms with Crippen LogP contribution in [0.1, 0.15) is 27.2 Å². The van der Waals surface area contributed by atoms with Crippen LogP contribution in [0.4, 0.5) is 0 Å². The molecule has 0 aliphatic carbocycles. The molecule has 0 saturated carbocycles. The predicted molar refractivity (Wildman–Crippen MR) is 84.2 cm³/mol. The molecule has 0 heterocycles. The molecule has 2 rings (SSSR count). The molecule has 0 aromatic heterocycles. The zero-order valence-corrected chi connectivity index (χ0v) is 12.7. The Morgan fingerprint density at radius 1 is 0.952 bits per heavy atom. The van der Waals surface area contributed by atoms with E-state index >= 15 is 0 Å². The Morgan fingerprint density at radius 2 is 1.29 bits per heavy atom. The van der Waals surface area contributed by atoms with Gasteiger partial charge in [-0.1, -0.05) is 55.5 Å². The molecule has 0 aliphatic rings. The van der Waals surface area contributed by atoms with Crippen molar-refractivity contribution < 1.29 is 19.4 Å². The fourth-order valence-corrected chi connectivity index (χ4v) is 1.38. The van der Waals surface area contributed by atoms with Gasteiger partial charge in [0.25, 0.3) is 5.97 Å². The van der Waals surface area contributed by atoms with E-state index in [4.69, 9.17) is 9.90 Å². The molecule has 0 bridgehead atoms. The third-order valence-corrected chi connectivity index (χ3v) is 2.17. The van der Waals surface area contributed by atoms with E-state index in [0.29, 0.717) is 6.61 Å². The van der Waals surface area contributed by atoms with Crippen LogP contribution >= 0.6 is 0 Å². The van der Waals surface area contributed by atoms with Crippen molar-refractivity contribution in [3.63, 3.8) is 0 Å². The summed E-state index contributed by atoms with van der Waals surface area (Å²) in [6, 6.07) is 16.7. The van der Waals surface area contributed by atoms with Crippen LogP contribution in [0.25, 0.3) is 10.8 Å². The molecule has 4 nitrogen and oxygen atoms in total. The summed E-state index contributed by atoms with van der Waals surface area (Å²) in [6.45, 7) is 5.01. The van der Waals surface area contributed by atoms with Crippen LogP contribution in [0.5, 0.6) is 0 Å². The summed E-state index contributed by atoms with van der Waals surface area (Å²) >= 11 is 0. The number of rotatable bonds is 2. The van der Waals surface area contributed by atoms with Crippen molar-refractivity contribution in [3.8, 4) is 0 Å². The van der Waals surface area contributed by atoms with E-state index < -0.39 is 5.97 Å². The molecule has 2 aromatic rings. The van der Waals surface area contributed by atoms with Crippen LogP contribution in [-0.2, 0) is 14.3 Å². The van der Waals surface area contributed by atoms with E-state index in [2.05, 4.69) is 53.3 Å². The van der Waals surface area contributed by atoms with Gasteiger partial charge in [-0.05, 0) is 17.2 Å². The smallest absolute Gasteiger partial charge is 0.302 e. The number of carboxylic acids is 1. The fraction of sp³-hybridized carbons (Fsp3) is 0.294. The Labute approximate surface area is 125 Å². The standard InChI is InChI=1S/C10H8.C5H10O2.C2H4O2/c1-2-6-10-8-4-3-7-9(10)5-1;1-3-4-7-5(2)6;1-2(3)4/h1-8H;3-4H2,1-2H3;1H3,(H,3,4). The largest absolute Gasteiger partial charge is 0.481 e. The molecular weight excluding hydrogens is 268 g/mol. The van der Waals surface area contributed by atoms with Gasteiger partial charge in [0, 0.05) is 13.8 Å². The van der Waals surface area contributed by atoms with Gasteiger partial charge in [-0.3, -0.25) is 9.59 Å². The van der Waals surface area contributed by atoms with Crippen molar-refractivity contribution in [2.75, 3.05) is 6.61 Å². The van der Waals surface area contributed by atoms with Gasteiger partial charge >= 0.3 is 5.97 Å². The van der Waals surface area contributed by atoms with Crippen LogP contribution in [0.15, 0.2) is 48.5 Å². The van der Waals surface area contributed by atoms with Gasteiger partial charge in [0.2, 0.25) is 0 Å². The highest BCUT2D eigenvalue weighted by atomic mass is 16.5. The predicted octanol–water partition coefficient (Wildman–Crippen LogP) is 3.89. The Morgan fingerprint density at radius 3 is 1.48 bits per heavy atom. The first-order valence-corrected chi connectivity index (χ1v) is 6.74. The number of carbonyl (C=O) groups is 2. The third-order valence-electron chi connectivity index (χ3n) is 2.17. The normalized spacial score (nSPS) is 8.71. The first kappa shape index (κ1) is 18.6. The van der Waals surface area contributed by atoms with E-state index in [1.807, 2.05) is 6.92 Å². The van der Waals surface area contributed by atoms with Crippen molar-refractivity contribution >= 4 is 22.7 Å². The molecule has 0 amide bonds. The average molecular weight is 290 g/mol. The quantitative estimate of drug-likeness (QED) is 0.852. The topological polar surface area (TPSA) is 63.6 Å². The minimum atomic E-state index is -0.833. The Kier molecular flexibility index (Phi) is 10.2. The minimum Gasteiger partial charge on any atom is -0.481 e. The summed E-state index contributed by atoms with van der Waals surface area (Å²) in [7, 11) is 0. The number of carboxylic acid groups (broad SMARTS) is 1. The lowest BCUT2D eigenvalue weighted by molar-refractivity contribution is -0.141. The SMILES string of the molecule is CC(=O)O.CCCOC(C)=O.c1ccc2ccccc2c1. The number of fused-ring (bicyclic) bond motifs is 1. The second kappa shape index (κ2) is 11.5. The van der Waals surface area contributed by atoms with Gasteiger partial charge in [0.15, 0.2) is 0 Å². The molecule has 0 unspecified atom stereocenters. The van der Waals surface area contributed by atoms with Gasteiger partial charge in [-0.15, -0.1) is 0 Å². The molecule has 0 aliphatic heterocycles. The third kappa shape index (κ3) is 11.2. The zero-order valence-electron chi connectivity index (χ0n) is 12.7. The second-order valence-corrected chi connectivity index (χ2v) is 4.21. The van der Waals surface area contributed by atoms with Crippen LogP contribution in [0, 0.1) is 0 Å². The number of ether oxygens (including phenoxy) is 1. The van der Waals surface area contributed by atoms with E-state index in [-0.39, 0.29) is 5.97 Å². The van der Waals surface area contributed by atoms with Crippen molar-refractivity contribution in [2.24, 2.45) is 0 Å². The molecular formula is C17H22O4. The van der Waals surface area contributed by atoms with E-state index in [0.717, 1.165) is 13.3 Å². The summed E-state index contributed by atoms with van der Waals surface area (Å²) in [5.74, 6) is -1.03. The van der Waals surface area contributed by atoms with Crippen molar-refractivity contribution in [1.29, 1.82) is 0 Å². The Hall–Kier alpha value is -2.36. The summed E-state index contributed by atoms with van der Waals surface area (Å²) < 4.78 is 4.55. The Balaban J connectivity index is 0.000000321. The zero-order chi connectivity index (χ0) is 16.1. The number of hydrogen-bond acceptors (Lipinski definition) is 3. The highest BCUT2D eigenvalue weighted by Gasteiger charge is 1.86. The molecule has 0 saturated heterocycles. The molecule has 114 valence electrons. The number of aliphatic carboxylic acids is 1. The van der Waals surface area contributed by atoms with Crippen molar-refractivity contribution in [2.45, 2.75) is 27.2 Å². The lowest BCUT2D eigenvalue weighted by atomic mass is 10.1. The minimum absolute atomic E-state index is 0.193. The maximum absolute atomic E-state index is 9.98. The van der Waals surface area contributed by atoms with Crippen LogP contribution in [-0.4, -0.2) is 23.7 Å². The molecule has 0 spiro atoms. The van der Waals surface area contributed by atoms with Crippen molar-refractivity contribution in [1.82, 2.24) is 0 Å². The maximum Gasteiger partial charge on any atom is 0.302 e. The molecule has 4 heteroatoms. The fourth-order valence-electron chi connectivity index (χ4n) is 1.38. The van der Waals surface area contributed by atoms with Crippen LogP contribution < -0.4 is 0 Å². The monoisotopic (exact) mass is 290 g/mol. The second-order valence-electron chi connectivity index (χ2n) is 4.21. The maximum atomic E-state index is 9.98. The summed E-state index contributed by atoms with van der Waals surface area (Å²) in [5.41, 5.74) is 0. The van der Waals surface area contributed by atoms with Gasteiger partial charge in [0.05, 0.1) is 6.61 Å². The highest BCUT2D eigenvalue weighted by molar-refractivity contribution is 5.82. The van der Waals surface area contributed by atoms with Gasteiger partial charge < -0.3 is 9.84 Å². The Bertz CT molecular complexity index is 480. The molecule has 21 heavy (non-hydrogen) atoms. The van der Waals surface area contributed by atoms with Gasteiger partial charge in [-0.2, -0.15) is 0 Å². The van der Waals surface area contributed by atoms with E-state index in [1.54, 1.807) is 0 Å². The average Bonchev–Trinajstić information content (AvgIpc) is 2.45. The van der Waals surface area contributed by atoms with Crippen molar-refractivity contribution in [3.05, 3.63) is 48.5 Å².